The van der Waals surface area contributed by atoms with Crippen LogP contribution in [0.2, 0.25) is 0 Å². The number of fused-ring (bicyclic) bond motifs is 1. The maximum atomic E-state index is 10.5. The maximum absolute atomic E-state index is 10.5. The van der Waals surface area contributed by atoms with Crippen LogP contribution < -0.4 is 11.5 Å². The van der Waals surface area contributed by atoms with E-state index >= 15 is 0 Å². The highest BCUT2D eigenvalue weighted by Crippen LogP contribution is 2.34. The van der Waals surface area contributed by atoms with Gasteiger partial charge in [0.05, 0.1) is 0 Å². The number of hydrogen-bond donors (Lipinski definition) is 2. The van der Waals surface area contributed by atoms with Crippen LogP contribution >= 0.6 is 11.8 Å². The van der Waals surface area contributed by atoms with Gasteiger partial charge in [-0.1, -0.05) is 12.1 Å². The molecule has 15 heavy (non-hydrogen) atoms. The van der Waals surface area contributed by atoms with E-state index in [0.717, 1.165) is 24.0 Å². The average Bonchev–Trinajstić information content (AvgIpc) is 2.31. The van der Waals surface area contributed by atoms with Gasteiger partial charge < -0.3 is 11.5 Å². The van der Waals surface area contributed by atoms with Crippen LogP contribution in [0.5, 0.6) is 0 Å². The third-order valence-electron chi connectivity index (χ3n) is 2.26. The summed E-state index contributed by atoms with van der Waals surface area (Å²) in [5.74, 6) is 1.05. The van der Waals surface area contributed by atoms with Gasteiger partial charge in [-0.25, -0.2) is 0 Å². The van der Waals surface area contributed by atoms with Gasteiger partial charge in [0, 0.05) is 16.5 Å². The van der Waals surface area contributed by atoms with Crippen LogP contribution in [0.1, 0.15) is 28.4 Å². The van der Waals surface area contributed by atoms with Crippen LogP contribution in [0.25, 0.3) is 0 Å². The number of thioether (sulfide) groups is 1. The molecule has 1 aromatic rings. The third kappa shape index (κ3) is 2.81. The summed E-state index contributed by atoms with van der Waals surface area (Å²) in [5, 5.41) is 0. The Kier molecular flexibility index (Phi) is 4.81. The summed E-state index contributed by atoms with van der Waals surface area (Å²) in [5.41, 5.74) is 12.4. The minimum atomic E-state index is 0.150. The number of nitrogens with two attached hydrogens (primary N) is 2. The molecule has 0 radical (unpaired) electrons. The average molecular weight is 224 g/mol. The van der Waals surface area contributed by atoms with Gasteiger partial charge in [-0.3, -0.25) is 4.79 Å². The van der Waals surface area contributed by atoms with E-state index < -0.39 is 0 Å². The molecule has 0 spiro atoms. The third-order valence-corrected chi connectivity index (χ3v) is 3.36. The van der Waals surface area contributed by atoms with Gasteiger partial charge in [-0.05, 0) is 30.9 Å². The van der Waals surface area contributed by atoms with Crippen molar-refractivity contribution in [1.82, 2.24) is 0 Å². The molecule has 82 valence electrons. The van der Waals surface area contributed by atoms with Crippen LogP contribution in [-0.2, 0) is 0 Å². The Morgan fingerprint density at radius 1 is 1.47 bits per heavy atom. The molecule has 0 saturated heterocycles. The largest absolute Gasteiger partial charge is 0.333 e. The zero-order valence-corrected chi connectivity index (χ0v) is 9.59. The highest BCUT2D eigenvalue weighted by atomic mass is 32.2. The minimum absolute atomic E-state index is 0.150. The second-order valence-corrected chi connectivity index (χ2v) is 4.30. The molecule has 1 atom stereocenters. The first-order chi connectivity index (χ1) is 7.31. The van der Waals surface area contributed by atoms with E-state index in [2.05, 4.69) is 5.73 Å². The first-order valence-electron chi connectivity index (χ1n) is 4.86. The molecule has 0 aliphatic carbocycles. The van der Waals surface area contributed by atoms with E-state index in [1.807, 2.05) is 18.2 Å². The highest BCUT2D eigenvalue weighted by Gasteiger charge is 2.16. The Hall–Kier alpha value is -0.840. The van der Waals surface area contributed by atoms with E-state index in [9.17, 15) is 4.79 Å². The predicted molar refractivity (Wildman–Crippen MR) is 64.2 cm³/mol. The standard InChI is InChI=1S/C10H11NOS.CH5N/c11-9-3-4-13-10-5-7(6-12)1-2-8(9)10;1-2/h1-2,5-6,9H,3-4,11H2;2H2,1H3. The first kappa shape index (κ1) is 12.2. The summed E-state index contributed by atoms with van der Waals surface area (Å²) in [6, 6.07) is 5.87. The summed E-state index contributed by atoms with van der Waals surface area (Å²) in [6.45, 7) is 0. The molecule has 1 aliphatic rings. The number of carbonyl (C=O) groups excluding carboxylic acids is 1. The summed E-state index contributed by atoms with van der Waals surface area (Å²) in [4.78, 5) is 11.7. The number of hydrogen-bond acceptors (Lipinski definition) is 4. The van der Waals surface area contributed by atoms with E-state index in [1.165, 1.54) is 17.5 Å². The first-order valence-corrected chi connectivity index (χ1v) is 5.85. The van der Waals surface area contributed by atoms with Crippen molar-refractivity contribution in [3.63, 3.8) is 0 Å². The lowest BCUT2D eigenvalue weighted by atomic mass is 10.0. The number of aldehydes is 1. The maximum Gasteiger partial charge on any atom is 0.150 e. The number of rotatable bonds is 1. The van der Waals surface area contributed by atoms with Crippen LogP contribution in [0.3, 0.4) is 0 Å². The van der Waals surface area contributed by atoms with Crippen molar-refractivity contribution in [2.45, 2.75) is 17.4 Å². The summed E-state index contributed by atoms with van der Waals surface area (Å²) < 4.78 is 0. The van der Waals surface area contributed by atoms with Crippen LogP contribution in [0.4, 0.5) is 0 Å². The fourth-order valence-electron chi connectivity index (χ4n) is 1.51. The van der Waals surface area contributed by atoms with Crippen molar-refractivity contribution in [1.29, 1.82) is 0 Å². The van der Waals surface area contributed by atoms with Crippen LogP contribution in [0, 0.1) is 0 Å². The SMILES string of the molecule is CN.NC1CCSc2cc(C=O)ccc21. The summed E-state index contributed by atoms with van der Waals surface area (Å²) in [6.07, 6.45) is 1.90. The molecule has 0 fully saturated rings. The lowest BCUT2D eigenvalue weighted by molar-refractivity contribution is 0.112. The van der Waals surface area contributed by atoms with Crippen LogP contribution in [-0.4, -0.2) is 19.1 Å². The molecule has 1 heterocycles. The lowest BCUT2D eigenvalue weighted by Crippen LogP contribution is -2.15. The topological polar surface area (TPSA) is 69.1 Å². The molecule has 1 aliphatic heterocycles. The normalized spacial score (nSPS) is 18.5. The number of benzene rings is 1. The van der Waals surface area contributed by atoms with Gasteiger partial charge in [0.2, 0.25) is 0 Å². The lowest BCUT2D eigenvalue weighted by Gasteiger charge is -2.21. The number of carbonyl (C=O) groups is 1. The minimum Gasteiger partial charge on any atom is -0.333 e. The van der Waals surface area contributed by atoms with Gasteiger partial charge in [-0.2, -0.15) is 0 Å². The van der Waals surface area contributed by atoms with Gasteiger partial charge in [0.15, 0.2) is 0 Å². The second-order valence-electron chi connectivity index (χ2n) is 3.16. The predicted octanol–water partition coefficient (Wildman–Crippen LogP) is 1.57. The second kappa shape index (κ2) is 5.90. The Morgan fingerprint density at radius 2 is 2.20 bits per heavy atom. The zero-order chi connectivity index (χ0) is 11.3. The van der Waals surface area contributed by atoms with Gasteiger partial charge in [0.1, 0.15) is 6.29 Å². The Labute approximate surface area is 94.2 Å². The molecule has 4 N–H and O–H groups in total. The molecule has 2 rings (SSSR count). The molecule has 3 nitrogen and oxygen atoms in total. The van der Waals surface area contributed by atoms with E-state index in [0.29, 0.717) is 0 Å². The fraction of sp³-hybridized carbons (Fsp3) is 0.364. The molecule has 0 aromatic heterocycles. The molecule has 4 heteroatoms. The van der Waals surface area contributed by atoms with Crippen molar-refractivity contribution in [3.8, 4) is 0 Å². The molecular formula is C11H16N2OS. The van der Waals surface area contributed by atoms with Crippen molar-refractivity contribution in [3.05, 3.63) is 29.3 Å². The Morgan fingerprint density at radius 3 is 2.87 bits per heavy atom. The van der Waals surface area contributed by atoms with Crippen molar-refractivity contribution < 1.29 is 4.79 Å². The highest BCUT2D eigenvalue weighted by molar-refractivity contribution is 7.99. The fourth-order valence-corrected chi connectivity index (χ4v) is 2.70. The van der Waals surface area contributed by atoms with Gasteiger partial charge >= 0.3 is 0 Å². The van der Waals surface area contributed by atoms with Crippen molar-refractivity contribution in [2.75, 3.05) is 12.8 Å². The van der Waals surface area contributed by atoms with E-state index in [4.69, 9.17) is 5.73 Å². The molecule has 0 bridgehead atoms. The quantitative estimate of drug-likeness (QED) is 0.710. The Balaban J connectivity index is 0.000000531. The van der Waals surface area contributed by atoms with E-state index in [1.54, 1.807) is 11.8 Å². The molecule has 0 amide bonds. The monoisotopic (exact) mass is 224 g/mol. The molecular weight excluding hydrogens is 208 g/mol. The van der Waals surface area contributed by atoms with Gasteiger partial charge in [-0.15, -0.1) is 11.8 Å². The van der Waals surface area contributed by atoms with Crippen molar-refractivity contribution in [2.24, 2.45) is 11.5 Å². The van der Waals surface area contributed by atoms with Gasteiger partial charge in [0.25, 0.3) is 0 Å². The Bertz CT molecular complexity index is 341. The van der Waals surface area contributed by atoms with Crippen LogP contribution in [0.15, 0.2) is 23.1 Å². The van der Waals surface area contributed by atoms with Crippen molar-refractivity contribution >= 4 is 18.0 Å². The molecule has 1 unspecified atom stereocenters. The molecule has 1 aromatic carbocycles. The molecule has 0 saturated carbocycles. The summed E-state index contributed by atoms with van der Waals surface area (Å²) in [7, 11) is 1.50. The van der Waals surface area contributed by atoms with E-state index in [-0.39, 0.29) is 6.04 Å². The zero-order valence-electron chi connectivity index (χ0n) is 8.77. The smallest absolute Gasteiger partial charge is 0.150 e. The summed E-state index contributed by atoms with van der Waals surface area (Å²) >= 11 is 1.78.